The van der Waals surface area contributed by atoms with E-state index in [-0.39, 0.29) is 12.2 Å². The van der Waals surface area contributed by atoms with Gasteiger partial charge in [-0.15, -0.1) is 10.2 Å². The van der Waals surface area contributed by atoms with Crippen molar-refractivity contribution >= 4 is 11.4 Å². The Morgan fingerprint density at radius 1 is 1.07 bits per heavy atom. The van der Waals surface area contributed by atoms with Crippen molar-refractivity contribution in [2.45, 2.75) is 19.3 Å². The van der Waals surface area contributed by atoms with E-state index in [0.717, 1.165) is 17.6 Å². The molecule has 0 atom stereocenters. The molecule has 0 bridgehead atoms. The SMILES string of the molecule is COc1ccc(C(=O)CCc2nnc(C3=CCc4ccccc43)o2)cc1OC. The second kappa shape index (κ2) is 7.68. The molecule has 0 unspecified atom stereocenters. The number of fused-ring (bicyclic) bond motifs is 1. The number of methoxy groups -OCH3 is 2. The van der Waals surface area contributed by atoms with E-state index >= 15 is 0 Å². The van der Waals surface area contributed by atoms with Crippen molar-refractivity contribution in [1.82, 2.24) is 10.2 Å². The molecule has 0 saturated carbocycles. The van der Waals surface area contributed by atoms with E-state index in [0.29, 0.717) is 35.3 Å². The Morgan fingerprint density at radius 2 is 1.89 bits per heavy atom. The summed E-state index contributed by atoms with van der Waals surface area (Å²) in [6, 6.07) is 13.3. The predicted molar refractivity (Wildman–Crippen MR) is 104 cm³/mol. The summed E-state index contributed by atoms with van der Waals surface area (Å²) in [4.78, 5) is 12.5. The molecule has 0 aliphatic heterocycles. The lowest BCUT2D eigenvalue weighted by atomic mass is 10.1. The molecular formula is C22H20N2O4. The van der Waals surface area contributed by atoms with Crippen LogP contribution in [0.15, 0.2) is 53.0 Å². The molecule has 1 heterocycles. The molecule has 1 aromatic heterocycles. The van der Waals surface area contributed by atoms with Gasteiger partial charge in [0.15, 0.2) is 17.3 Å². The highest BCUT2D eigenvalue weighted by Crippen LogP contribution is 2.32. The van der Waals surface area contributed by atoms with Crippen molar-refractivity contribution in [1.29, 1.82) is 0 Å². The Kier molecular flexibility index (Phi) is 4.93. The van der Waals surface area contributed by atoms with E-state index in [1.807, 2.05) is 12.1 Å². The van der Waals surface area contributed by atoms with Crippen LogP contribution < -0.4 is 9.47 Å². The average Bonchev–Trinajstić information content (AvgIpc) is 3.38. The van der Waals surface area contributed by atoms with Gasteiger partial charge in [0.05, 0.1) is 14.2 Å². The van der Waals surface area contributed by atoms with Crippen LogP contribution in [0.4, 0.5) is 0 Å². The van der Waals surface area contributed by atoms with Gasteiger partial charge in [0.2, 0.25) is 11.8 Å². The Labute approximate surface area is 162 Å². The molecule has 2 aromatic carbocycles. The van der Waals surface area contributed by atoms with Gasteiger partial charge in [0.25, 0.3) is 0 Å². The van der Waals surface area contributed by atoms with Gasteiger partial charge in [0.1, 0.15) is 0 Å². The van der Waals surface area contributed by atoms with Crippen molar-refractivity contribution in [3.8, 4) is 11.5 Å². The summed E-state index contributed by atoms with van der Waals surface area (Å²) >= 11 is 0. The third kappa shape index (κ3) is 3.41. The number of Topliss-reactive ketones (excluding diaryl/α,β-unsaturated/α-hetero) is 1. The van der Waals surface area contributed by atoms with E-state index in [1.165, 1.54) is 5.56 Å². The van der Waals surface area contributed by atoms with Crippen LogP contribution in [-0.2, 0) is 12.8 Å². The number of hydrogen-bond acceptors (Lipinski definition) is 6. The smallest absolute Gasteiger partial charge is 0.248 e. The van der Waals surface area contributed by atoms with Crippen molar-refractivity contribution in [3.05, 3.63) is 77.0 Å². The Morgan fingerprint density at radius 3 is 2.71 bits per heavy atom. The lowest BCUT2D eigenvalue weighted by Gasteiger charge is -2.08. The summed E-state index contributed by atoms with van der Waals surface area (Å²) in [5.41, 5.74) is 3.89. The number of ether oxygens (including phenoxy) is 2. The Hall–Kier alpha value is -3.41. The van der Waals surface area contributed by atoms with E-state index in [1.54, 1.807) is 32.4 Å². The minimum atomic E-state index is -0.0221. The largest absolute Gasteiger partial charge is 0.493 e. The lowest BCUT2D eigenvalue weighted by molar-refractivity contribution is 0.0980. The molecule has 6 nitrogen and oxygen atoms in total. The van der Waals surface area contributed by atoms with Crippen molar-refractivity contribution < 1.29 is 18.7 Å². The van der Waals surface area contributed by atoms with Crippen LogP contribution in [0.25, 0.3) is 5.57 Å². The number of ketones is 1. The second-order valence-electron chi connectivity index (χ2n) is 6.47. The molecule has 1 aliphatic rings. The topological polar surface area (TPSA) is 74.5 Å². The average molecular weight is 376 g/mol. The number of aryl methyl sites for hydroxylation is 1. The highest BCUT2D eigenvalue weighted by Gasteiger charge is 2.20. The minimum Gasteiger partial charge on any atom is -0.493 e. The molecule has 0 radical (unpaired) electrons. The summed E-state index contributed by atoms with van der Waals surface area (Å²) in [5, 5.41) is 8.27. The summed E-state index contributed by atoms with van der Waals surface area (Å²) in [5.74, 6) is 2.05. The zero-order valence-corrected chi connectivity index (χ0v) is 15.8. The maximum absolute atomic E-state index is 12.5. The Bertz CT molecular complexity index is 1050. The first-order valence-corrected chi connectivity index (χ1v) is 9.06. The van der Waals surface area contributed by atoms with Gasteiger partial charge in [-0.25, -0.2) is 0 Å². The van der Waals surface area contributed by atoms with Gasteiger partial charge in [-0.2, -0.15) is 0 Å². The molecule has 0 amide bonds. The Balaban J connectivity index is 1.43. The highest BCUT2D eigenvalue weighted by molar-refractivity contribution is 5.96. The van der Waals surface area contributed by atoms with Gasteiger partial charge in [-0.3, -0.25) is 4.79 Å². The van der Waals surface area contributed by atoms with Gasteiger partial charge < -0.3 is 13.9 Å². The van der Waals surface area contributed by atoms with Crippen LogP contribution in [0.2, 0.25) is 0 Å². The summed E-state index contributed by atoms with van der Waals surface area (Å²) in [7, 11) is 3.10. The number of aromatic nitrogens is 2. The van der Waals surface area contributed by atoms with E-state index in [2.05, 4.69) is 28.4 Å². The van der Waals surface area contributed by atoms with Gasteiger partial charge in [-0.05, 0) is 35.7 Å². The molecule has 0 spiro atoms. The molecule has 1 aliphatic carbocycles. The molecule has 0 N–H and O–H groups in total. The summed E-state index contributed by atoms with van der Waals surface area (Å²) in [6.45, 7) is 0. The zero-order chi connectivity index (χ0) is 19.5. The number of nitrogens with zero attached hydrogens (tertiary/aromatic N) is 2. The molecule has 3 aromatic rings. The van der Waals surface area contributed by atoms with Gasteiger partial charge >= 0.3 is 0 Å². The van der Waals surface area contributed by atoms with Crippen molar-refractivity contribution in [2.75, 3.05) is 14.2 Å². The molecule has 6 heteroatoms. The number of carbonyl (C=O) groups excluding carboxylic acids is 1. The number of benzene rings is 2. The van der Waals surface area contributed by atoms with Crippen LogP contribution in [0.1, 0.15) is 39.7 Å². The number of allylic oxidation sites excluding steroid dienone is 1. The quantitative estimate of drug-likeness (QED) is 0.583. The van der Waals surface area contributed by atoms with Crippen LogP contribution >= 0.6 is 0 Å². The van der Waals surface area contributed by atoms with Crippen LogP contribution in [0.3, 0.4) is 0 Å². The molecule has 4 rings (SSSR count). The standard InChI is InChI=1S/C22H20N2O4/c1-26-19-11-8-15(13-20(19)27-2)18(25)10-12-21-23-24-22(28-21)17-9-7-14-5-3-4-6-16(14)17/h3-6,8-9,11,13H,7,10,12H2,1-2H3. The van der Waals surface area contributed by atoms with Crippen molar-refractivity contribution in [3.63, 3.8) is 0 Å². The van der Waals surface area contributed by atoms with Gasteiger partial charge in [0, 0.05) is 24.0 Å². The zero-order valence-electron chi connectivity index (χ0n) is 15.8. The van der Waals surface area contributed by atoms with E-state index < -0.39 is 0 Å². The fourth-order valence-electron chi connectivity index (χ4n) is 3.32. The normalized spacial score (nSPS) is 12.4. The summed E-state index contributed by atoms with van der Waals surface area (Å²) in [6.07, 6.45) is 3.61. The molecular weight excluding hydrogens is 356 g/mol. The molecule has 142 valence electrons. The first-order chi connectivity index (χ1) is 13.7. The number of rotatable bonds is 7. The maximum atomic E-state index is 12.5. The first kappa shape index (κ1) is 18.0. The van der Waals surface area contributed by atoms with Crippen LogP contribution in [0, 0.1) is 0 Å². The van der Waals surface area contributed by atoms with Gasteiger partial charge in [-0.1, -0.05) is 30.3 Å². The third-order valence-corrected chi connectivity index (χ3v) is 4.80. The van der Waals surface area contributed by atoms with Crippen molar-refractivity contribution in [2.24, 2.45) is 0 Å². The van der Waals surface area contributed by atoms with Crippen LogP contribution in [0.5, 0.6) is 11.5 Å². The fraction of sp³-hybridized carbons (Fsp3) is 0.227. The monoisotopic (exact) mass is 376 g/mol. The second-order valence-corrected chi connectivity index (χ2v) is 6.47. The first-order valence-electron chi connectivity index (χ1n) is 9.06. The van der Waals surface area contributed by atoms with Crippen LogP contribution in [-0.4, -0.2) is 30.2 Å². The highest BCUT2D eigenvalue weighted by atomic mass is 16.5. The minimum absolute atomic E-state index is 0.0221. The molecule has 0 fully saturated rings. The third-order valence-electron chi connectivity index (χ3n) is 4.80. The van der Waals surface area contributed by atoms with E-state index in [4.69, 9.17) is 13.9 Å². The fourth-order valence-corrected chi connectivity index (χ4v) is 3.32. The summed E-state index contributed by atoms with van der Waals surface area (Å²) < 4.78 is 16.3. The molecule has 0 saturated heterocycles. The maximum Gasteiger partial charge on any atom is 0.248 e. The van der Waals surface area contributed by atoms with E-state index in [9.17, 15) is 4.79 Å². The number of carbonyl (C=O) groups is 1. The lowest BCUT2D eigenvalue weighted by Crippen LogP contribution is -2.02. The number of hydrogen-bond donors (Lipinski definition) is 0. The predicted octanol–water partition coefficient (Wildman–Crippen LogP) is 3.89. The molecule has 28 heavy (non-hydrogen) atoms.